The van der Waals surface area contributed by atoms with Gasteiger partial charge in [0.2, 0.25) is 0 Å². The number of carbonyl (C=O) groups excluding carboxylic acids is 2. The number of nitrogens with one attached hydrogen (secondary N) is 3. The van der Waals surface area contributed by atoms with Gasteiger partial charge < -0.3 is 30.0 Å². The van der Waals surface area contributed by atoms with Gasteiger partial charge in [-0.3, -0.25) is 4.79 Å². The fourth-order valence-electron chi connectivity index (χ4n) is 3.54. The minimum absolute atomic E-state index is 0.0119. The zero-order valence-electron chi connectivity index (χ0n) is 20.5. The minimum Gasteiger partial charge on any atom is -0.504 e. The molecular formula is C25H27BrN4O6S. The van der Waals surface area contributed by atoms with Crippen LogP contribution in [0.5, 0.6) is 17.2 Å². The summed E-state index contributed by atoms with van der Waals surface area (Å²) >= 11 is 8.63. The Kier molecular flexibility index (Phi) is 9.86. The molecule has 4 N–H and O–H groups in total. The van der Waals surface area contributed by atoms with Crippen LogP contribution in [-0.4, -0.2) is 48.1 Å². The molecule has 3 rings (SSSR count). The van der Waals surface area contributed by atoms with Crippen molar-refractivity contribution in [3.8, 4) is 17.2 Å². The molecular weight excluding hydrogens is 564 g/mol. The maximum atomic E-state index is 12.7. The highest BCUT2D eigenvalue weighted by molar-refractivity contribution is 9.10. The third-order valence-corrected chi connectivity index (χ3v) is 6.03. The smallest absolute Gasteiger partial charge is 0.338 e. The van der Waals surface area contributed by atoms with E-state index < -0.39 is 17.9 Å². The highest BCUT2D eigenvalue weighted by atomic mass is 79.9. The number of para-hydroxylation sites is 1. The van der Waals surface area contributed by atoms with Crippen molar-refractivity contribution in [1.29, 1.82) is 0 Å². The molecule has 1 atom stereocenters. The van der Waals surface area contributed by atoms with Crippen molar-refractivity contribution < 1.29 is 28.9 Å². The Morgan fingerprint density at radius 1 is 1.19 bits per heavy atom. The van der Waals surface area contributed by atoms with E-state index in [9.17, 15) is 14.7 Å². The van der Waals surface area contributed by atoms with E-state index in [1.165, 1.54) is 12.3 Å². The lowest BCUT2D eigenvalue weighted by Crippen LogP contribution is -2.45. The molecule has 0 saturated heterocycles. The van der Waals surface area contributed by atoms with Crippen LogP contribution in [-0.2, 0) is 14.3 Å². The van der Waals surface area contributed by atoms with Crippen molar-refractivity contribution in [3.05, 3.63) is 63.3 Å². The van der Waals surface area contributed by atoms with Gasteiger partial charge in [0.25, 0.3) is 5.91 Å². The van der Waals surface area contributed by atoms with Crippen molar-refractivity contribution in [1.82, 2.24) is 16.1 Å². The van der Waals surface area contributed by atoms with Gasteiger partial charge in [0.15, 0.2) is 23.2 Å². The van der Waals surface area contributed by atoms with Crippen LogP contribution in [0.2, 0.25) is 0 Å². The molecule has 1 amide bonds. The van der Waals surface area contributed by atoms with E-state index in [1.54, 1.807) is 51.1 Å². The van der Waals surface area contributed by atoms with E-state index >= 15 is 0 Å². The fraction of sp³-hybridized carbons (Fsp3) is 0.280. The summed E-state index contributed by atoms with van der Waals surface area (Å²) in [6, 6.07) is 9.47. The molecule has 196 valence electrons. The number of esters is 1. The predicted molar refractivity (Wildman–Crippen MR) is 146 cm³/mol. The van der Waals surface area contributed by atoms with E-state index in [0.29, 0.717) is 50.1 Å². The third-order valence-electron chi connectivity index (χ3n) is 5.12. The van der Waals surface area contributed by atoms with Gasteiger partial charge >= 0.3 is 5.97 Å². The Morgan fingerprint density at radius 2 is 1.95 bits per heavy atom. The molecule has 0 aliphatic carbocycles. The number of thiocarbonyl (C=S) groups is 1. The zero-order valence-corrected chi connectivity index (χ0v) is 22.9. The number of phenolic OH excluding ortho intramolecular Hbond substituents is 1. The molecule has 10 nitrogen and oxygen atoms in total. The number of ether oxygens (including phenoxy) is 3. The fourth-order valence-corrected chi connectivity index (χ4v) is 4.24. The number of hydrogen-bond donors (Lipinski definition) is 4. The predicted octanol–water partition coefficient (Wildman–Crippen LogP) is 3.44. The van der Waals surface area contributed by atoms with Gasteiger partial charge in [-0.1, -0.05) is 18.2 Å². The second-order valence-corrected chi connectivity index (χ2v) is 8.95. The number of amides is 1. The van der Waals surface area contributed by atoms with Crippen LogP contribution in [0.15, 0.2) is 57.2 Å². The topological polar surface area (TPSA) is 131 Å². The molecule has 12 heteroatoms. The SMILES string of the molecule is CCOC(=O)C1=C(C)NC(=S)N[C@H]1c1ccccc1OCC(=O)NN=Cc1cc(OCC)c(O)cc1Br. The van der Waals surface area contributed by atoms with E-state index in [0.717, 1.165) is 0 Å². The van der Waals surface area contributed by atoms with Gasteiger partial charge in [-0.05, 0) is 67.1 Å². The molecule has 0 spiro atoms. The second-order valence-electron chi connectivity index (χ2n) is 7.68. The number of allylic oxidation sites excluding steroid dienone is 1. The van der Waals surface area contributed by atoms with Crippen LogP contribution >= 0.6 is 28.1 Å². The average molecular weight is 591 g/mol. The number of benzene rings is 2. The van der Waals surface area contributed by atoms with Crippen LogP contribution in [0.3, 0.4) is 0 Å². The molecule has 2 aromatic rings. The molecule has 0 saturated carbocycles. The van der Waals surface area contributed by atoms with Gasteiger partial charge in [0, 0.05) is 21.3 Å². The monoisotopic (exact) mass is 590 g/mol. The summed E-state index contributed by atoms with van der Waals surface area (Å²) < 4.78 is 16.9. The number of hydrogen-bond acceptors (Lipinski definition) is 8. The third kappa shape index (κ3) is 7.20. The first-order valence-corrected chi connectivity index (χ1v) is 12.6. The Hall–Kier alpha value is -3.64. The molecule has 37 heavy (non-hydrogen) atoms. The molecule has 1 heterocycles. The lowest BCUT2D eigenvalue weighted by atomic mass is 9.95. The Labute approximate surface area is 228 Å². The van der Waals surface area contributed by atoms with Crippen LogP contribution in [0.25, 0.3) is 0 Å². The molecule has 0 unspecified atom stereocenters. The number of halogens is 1. The summed E-state index contributed by atoms with van der Waals surface area (Å²) in [5.74, 6) is -0.307. The summed E-state index contributed by atoms with van der Waals surface area (Å²) in [6.07, 6.45) is 1.41. The second kappa shape index (κ2) is 13.1. The molecule has 1 aliphatic heterocycles. The van der Waals surface area contributed by atoms with Crippen molar-refractivity contribution in [2.24, 2.45) is 5.10 Å². The van der Waals surface area contributed by atoms with E-state index in [1.807, 2.05) is 0 Å². The Balaban J connectivity index is 1.71. The number of nitrogens with zero attached hydrogens (tertiary/aromatic N) is 1. The normalized spacial score (nSPS) is 15.1. The summed E-state index contributed by atoms with van der Waals surface area (Å²) in [6.45, 7) is 5.55. The lowest BCUT2D eigenvalue weighted by molar-refractivity contribution is -0.139. The first kappa shape index (κ1) is 27.9. The van der Waals surface area contributed by atoms with Crippen LogP contribution in [0.4, 0.5) is 0 Å². The van der Waals surface area contributed by atoms with Gasteiger partial charge in [0.05, 0.1) is 31.0 Å². The van der Waals surface area contributed by atoms with E-state index in [4.69, 9.17) is 26.4 Å². The molecule has 0 radical (unpaired) electrons. The van der Waals surface area contributed by atoms with Crippen molar-refractivity contribution in [3.63, 3.8) is 0 Å². The van der Waals surface area contributed by atoms with Crippen molar-refractivity contribution in [2.75, 3.05) is 19.8 Å². The maximum Gasteiger partial charge on any atom is 0.338 e. The Bertz CT molecular complexity index is 1250. The Morgan fingerprint density at radius 3 is 2.68 bits per heavy atom. The van der Waals surface area contributed by atoms with Crippen LogP contribution < -0.4 is 25.5 Å². The number of phenols is 1. The number of carbonyl (C=O) groups is 2. The van der Waals surface area contributed by atoms with Crippen molar-refractivity contribution in [2.45, 2.75) is 26.8 Å². The zero-order chi connectivity index (χ0) is 26.9. The minimum atomic E-state index is -0.628. The molecule has 0 fully saturated rings. The lowest BCUT2D eigenvalue weighted by Gasteiger charge is -2.30. The van der Waals surface area contributed by atoms with E-state index in [-0.39, 0.29) is 19.0 Å². The highest BCUT2D eigenvalue weighted by Crippen LogP contribution is 2.34. The summed E-state index contributed by atoms with van der Waals surface area (Å²) in [7, 11) is 0. The van der Waals surface area contributed by atoms with E-state index in [2.05, 4.69) is 37.1 Å². The quantitative estimate of drug-likeness (QED) is 0.142. The molecule has 0 bridgehead atoms. The van der Waals surface area contributed by atoms with Gasteiger partial charge in [-0.15, -0.1) is 0 Å². The van der Waals surface area contributed by atoms with Crippen LogP contribution in [0.1, 0.15) is 37.9 Å². The maximum absolute atomic E-state index is 12.7. The number of rotatable bonds is 10. The first-order chi connectivity index (χ1) is 17.7. The van der Waals surface area contributed by atoms with Gasteiger partial charge in [0.1, 0.15) is 5.75 Å². The molecule has 2 aromatic carbocycles. The van der Waals surface area contributed by atoms with Gasteiger partial charge in [-0.25, -0.2) is 10.2 Å². The average Bonchev–Trinajstić information content (AvgIpc) is 2.85. The number of aromatic hydroxyl groups is 1. The number of hydrazone groups is 1. The molecule has 0 aromatic heterocycles. The molecule has 1 aliphatic rings. The highest BCUT2D eigenvalue weighted by Gasteiger charge is 2.32. The summed E-state index contributed by atoms with van der Waals surface area (Å²) in [5.41, 5.74) is 4.55. The van der Waals surface area contributed by atoms with Gasteiger partial charge in [-0.2, -0.15) is 5.10 Å². The summed E-state index contributed by atoms with van der Waals surface area (Å²) in [4.78, 5) is 25.1. The first-order valence-electron chi connectivity index (χ1n) is 11.4. The largest absolute Gasteiger partial charge is 0.504 e. The van der Waals surface area contributed by atoms with Crippen molar-refractivity contribution >= 4 is 51.4 Å². The standard InChI is InChI=1S/C25H27BrN4O6S/c1-4-34-20-10-15(17(26)11-18(20)31)12-27-30-21(32)13-36-19-9-7-6-8-16(19)23-22(24(33)35-5-2)14(3)28-25(37)29-23/h6-12,23,31H,4-5,13H2,1-3H3,(H,30,32)(H2,28,29,37)/t23-/m0/s1. The van der Waals surface area contributed by atoms with Crippen LogP contribution in [0, 0.1) is 0 Å². The summed E-state index contributed by atoms with van der Waals surface area (Å²) in [5, 5.41) is 20.3.